The Bertz CT molecular complexity index is 1150. The monoisotopic (exact) mass is 414 g/mol. The van der Waals surface area contributed by atoms with Crippen molar-refractivity contribution in [1.29, 1.82) is 0 Å². The van der Waals surface area contributed by atoms with Gasteiger partial charge in [0.05, 0.1) is 5.69 Å². The third-order valence-corrected chi connectivity index (χ3v) is 5.79. The first kappa shape index (κ1) is 19.9. The third-order valence-electron chi connectivity index (χ3n) is 4.90. The standard InChI is InChI=1S/C25H22N2O2S/c1-17-7-6-10-23(18(17)2)29-15-24(28)26-21-13-11-19(12-14-21)22-16-30-25(27-22)20-8-4-3-5-9-20/h3-14,16H,15H2,1-2H3,(H,26,28). The second kappa shape index (κ2) is 8.93. The van der Waals surface area contributed by atoms with Crippen LogP contribution in [-0.4, -0.2) is 17.5 Å². The summed E-state index contributed by atoms with van der Waals surface area (Å²) in [4.78, 5) is 17.0. The third kappa shape index (κ3) is 4.58. The molecular formula is C25H22N2O2S. The molecular weight excluding hydrogens is 392 g/mol. The molecule has 4 nitrogen and oxygen atoms in total. The smallest absolute Gasteiger partial charge is 0.262 e. The van der Waals surface area contributed by atoms with E-state index >= 15 is 0 Å². The number of ether oxygens (including phenoxy) is 1. The van der Waals surface area contributed by atoms with E-state index in [1.54, 1.807) is 11.3 Å². The van der Waals surface area contributed by atoms with Crippen LogP contribution in [0.25, 0.3) is 21.8 Å². The van der Waals surface area contributed by atoms with Gasteiger partial charge in [-0.05, 0) is 43.2 Å². The normalized spacial score (nSPS) is 10.6. The molecule has 5 heteroatoms. The van der Waals surface area contributed by atoms with Gasteiger partial charge in [-0.25, -0.2) is 4.98 Å². The van der Waals surface area contributed by atoms with Crippen LogP contribution in [0.5, 0.6) is 5.75 Å². The number of rotatable bonds is 6. The van der Waals surface area contributed by atoms with Gasteiger partial charge in [0.1, 0.15) is 10.8 Å². The lowest BCUT2D eigenvalue weighted by molar-refractivity contribution is -0.118. The predicted molar refractivity (Wildman–Crippen MR) is 123 cm³/mol. The van der Waals surface area contributed by atoms with Gasteiger partial charge in [-0.3, -0.25) is 4.79 Å². The van der Waals surface area contributed by atoms with Gasteiger partial charge >= 0.3 is 0 Å². The van der Waals surface area contributed by atoms with Crippen molar-refractivity contribution in [2.75, 3.05) is 11.9 Å². The van der Waals surface area contributed by atoms with Crippen LogP contribution >= 0.6 is 11.3 Å². The van der Waals surface area contributed by atoms with E-state index in [1.807, 2.05) is 79.9 Å². The van der Waals surface area contributed by atoms with Crippen LogP contribution in [-0.2, 0) is 4.79 Å². The van der Waals surface area contributed by atoms with E-state index in [1.165, 1.54) is 0 Å². The lowest BCUT2D eigenvalue weighted by atomic mass is 10.1. The first-order valence-corrected chi connectivity index (χ1v) is 10.6. The molecule has 1 amide bonds. The van der Waals surface area contributed by atoms with Crippen molar-refractivity contribution in [3.05, 3.63) is 89.3 Å². The van der Waals surface area contributed by atoms with Gasteiger partial charge in [-0.1, -0.05) is 54.6 Å². The highest BCUT2D eigenvalue weighted by Crippen LogP contribution is 2.29. The first-order valence-electron chi connectivity index (χ1n) is 9.70. The Balaban J connectivity index is 1.37. The van der Waals surface area contributed by atoms with Crippen molar-refractivity contribution in [1.82, 2.24) is 4.98 Å². The predicted octanol–water partition coefficient (Wildman–Crippen LogP) is 6.11. The summed E-state index contributed by atoms with van der Waals surface area (Å²) in [5.41, 5.74) is 5.97. The summed E-state index contributed by atoms with van der Waals surface area (Å²) < 4.78 is 5.67. The molecule has 0 saturated carbocycles. The number of anilines is 1. The van der Waals surface area contributed by atoms with Crippen LogP contribution in [0.2, 0.25) is 0 Å². The maximum absolute atomic E-state index is 12.3. The molecule has 4 aromatic rings. The molecule has 0 spiro atoms. The van der Waals surface area contributed by atoms with Crippen molar-refractivity contribution < 1.29 is 9.53 Å². The maximum Gasteiger partial charge on any atom is 0.262 e. The molecule has 1 N–H and O–H groups in total. The van der Waals surface area contributed by atoms with E-state index in [0.717, 1.165) is 44.4 Å². The van der Waals surface area contributed by atoms with Crippen LogP contribution in [0.15, 0.2) is 78.2 Å². The van der Waals surface area contributed by atoms with Crippen LogP contribution < -0.4 is 10.1 Å². The fraction of sp³-hybridized carbons (Fsp3) is 0.120. The van der Waals surface area contributed by atoms with Gasteiger partial charge in [-0.15, -0.1) is 11.3 Å². The Kier molecular flexibility index (Phi) is 5.91. The number of carbonyl (C=O) groups excluding carboxylic acids is 1. The Morgan fingerprint density at radius 3 is 2.47 bits per heavy atom. The minimum Gasteiger partial charge on any atom is -0.483 e. The van der Waals surface area contributed by atoms with E-state index in [-0.39, 0.29) is 12.5 Å². The summed E-state index contributed by atoms with van der Waals surface area (Å²) in [7, 11) is 0. The number of hydrogen-bond donors (Lipinski definition) is 1. The number of thiazole rings is 1. The highest BCUT2D eigenvalue weighted by Gasteiger charge is 2.09. The average molecular weight is 415 g/mol. The number of aromatic nitrogens is 1. The van der Waals surface area contributed by atoms with E-state index < -0.39 is 0 Å². The highest BCUT2D eigenvalue weighted by atomic mass is 32.1. The zero-order valence-corrected chi connectivity index (χ0v) is 17.7. The Morgan fingerprint density at radius 2 is 1.70 bits per heavy atom. The number of aryl methyl sites for hydroxylation is 1. The van der Waals surface area contributed by atoms with Crippen LogP contribution in [0.4, 0.5) is 5.69 Å². The van der Waals surface area contributed by atoms with Crippen molar-refractivity contribution in [2.45, 2.75) is 13.8 Å². The molecule has 0 radical (unpaired) electrons. The van der Waals surface area contributed by atoms with Crippen molar-refractivity contribution >= 4 is 22.9 Å². The molecule has 0 aliphatic rings. The molecule has 0 bridgehead atoms. The fourth-order valence-electron chi connectivity index (χ4n) is 3.06. The molecule has 0 atom stereocenters. The Morgan fingerprint density at radius 1 is 0.933 bits per heavy atom. The number of hydrogen-bond acceptors (Lipinski definition) is 4. The molecule has 0 aliphatic heterocycles. The van der Waals surface area contributed by atoms with Gasteiger partial charge < -0.3 is 10.1 Å². The number of nitrogens with zero attached hydrogens (tertiary/aromatic N) is 1. The summed E-state index contributed by atoms with van der Waals surface area (Å²) in [6.45, 7) is 3.98. The number of carbonyl (C=O) groups is 1. The van der Waals surface area contributed by atoms with Gasteiger partial charge in [-0.2, -0.15) is 0 Å². The zero-order chi connectivity index (χ0) is 20.9. The summed E-state index contributed by atoms with van der Waals surface area (Å²) in [5, 5.41) is 5.92. The molecule has 0 fully saturated rings. The minimum absolute atomic E-state index is 0.0292. The summed E-state index contributed by atoms with van der Waals surface area (Å²) in [6, 6.07) is 23.7. The van der Waals surface area contributed by atoms with Crippen molar-refractivity contribution in [2.24, 2.45) is 0 Å². The van der Waals surface area contributed by atoms with E-state index in [0.29, 0.717) is 0 Å². The minimum atomic E-state index is -0.191. The molecule has 3 aromatic carbocycles. The van der Waals surface area contributed by atoms with Gasteiger partial charge in [0.25, 0.3) is 5.91 Å². The molecule has 1 aromatic heterocycles. The number of amides is 1. The summed E-state index contributed by atoms with van der Waals surface area (Å²) in [6.07, 6.45) is 0. The van der Waals surface area contributed by atoms with E-state index in [2.05, 4.69) is 17.4 Å². The molecule has 1 heterocycles. The van der Waals surface area contributed by atoms with Crippen LogP contribution in [0, 0.1) is 13.8 Å². The van der Waals surface area contributed by atoms with Gasteiger partial charge in [0.2, 0.25) is 0 Å². The fourth-order valence-corrected chi connectivity index (χ4v) is 3.90. The molecule has 30 heavy (non-hydrogen) atoms. The average Bonchev–Trinajstić information content (AvgIpc) is 3.26. The number of nitrogens with one attached hydrogen (secondary N) is 1. The second-order valence-corrected chi connectivity index (χ2v) is 7.87. The molecule has 150 valence electrons. The largest absolute Gasteiger partial charge is 0.483 e. The van der Waals surface area contributed by atoms with E-state index in [9.17, 15) is 4.79 Å². The van der Waals surface area contributed by atoms with Gasteiger partial charge in [0, 0.05) is 22.2 Å². The lowest BCUT2D eigenvalue weighted by Gasteiger charge is -2.11. The SMILES string of the molecule is Cc1cccc(OCC(=O)Nc2ccc(-c3csc(-c4ccccc4)n3)cc2)c1C. The van der Waals surface area contributed by atoms with Crippen LogP contribution in [0.3, 0.4) is 0 Å². The van der Waals surface area contributed by atoms with Gasteiger partial charge in [0.15, 0.2) is 6.61 Å². The van der Waals surface area contributed by atoms with Crippen LogP contribution in [0.1, 0.15) is 11.1 Å². The highest BCUT2D eigenvalue weighted by molar-refractivity contribution is 7.13. The molecule has 0 aliphatic carbocycles. The summed E-state index contributed by atoms with van der Waals surface area (Å²) >= 11 is 1.62. The Labute approximate surface area is 180 Å². The topological polar surface area (TPSA) is 51.2 Å². The maximum atomic E-state index is 12.3. The Hall–Kier alpha value is -3.44. The lowest BCUT2D eigenvalue weighted by Crippen LogP contribution is -2.20. The summed E-state index contributed by atoms with van der Waals surface area (Å²) in [5.74, 6) is 0.543. The van der Waals surface area contributed by atoms with Crippen molar-refractivity contribution in [3.63, 3.8) is 0 Å². The second-order valence-electron chi connectivity index (χ2n) is 7.02. The number of benzene rings is 3. The molecule has 4 rings (SSSR count). The molecule has 0 unspecified atom stereocenters. The quantitative estimate of drug-likeness (QED) is 0.414. The van der Waals surface area contributed by atoms with E-state index in [4.69, 9.17) is 9.72 Å². The molecule has 0 saturated heterocycles. The zero-order valence-electron chi connectivity index (χ0n) is 16.9. The van der Waals surface area contributed by atoms with Crippen molar-refractivity contribution in [3.8, 4) is 27.6 Å². The first-order chi connectivity index (χ1) is 14.6.